The van der Waals surface area contributed by atoms with E-state index >= 15 is 0 Å². The first kappa shape index (κ1) is 24.4. The maximum Gasteiger partial charge on any atom is 0.293 e. The second kappa shape index (κ2) is 10.7. The van der Waals surface area contributed by atoms with Crippen LogP contribution in [0.5, 0.6) is 11.5 Å². The Labute approximate surface area is 215 Å². The first-order chi connectivity index (χ1) is 16.3. The fourth-order valence-corrected chi connectivity index (χ4v) is 4.72. The van der Waals surface area contributed by atoms with Gasteiger partial charge in [0.25, 0.3) is 11.1 Å². The number of hydrogen-bond donors (Lipinski definition) is 0. The molecular formula is C26H21BrClNO4S. The summed E-state index contributed by atoms with van der Waals surface area (Å²) in [6.45, 7) is 2.62. The summed E-state index contributed by atoms with van der Waals surface area (Å²) in [5.41, 5.74) is 3.76. The van der Waals surface area contributed by atoms with Gasteiger partial charge in [-0.3, -0.25) is 14.5 Å². The van der Waals surface area contributed by atoms with E-state index in [0.29, 0.717) is 33.6 Å². The molecule has 0 radical (unpaired) electrons. The zero-order chi connectivity index (χ0) is 24.2. The second-order valence-electron chi connectivity index (χ2n) is 7.69. The number of halogens is 2. The monoisotopic (exact) mass is 557 g/mol. The number of hydrogen-bond acceptors (Lipinski definition) is 5. The van der Waals surface area contributed by atoms with Crippen LogP contribution in [0.3, 0.4) is 0 Å². The largest absolute Gasteiger partial charge is 0.493 e. The molecule has 0 bridgehead atoms. The highest BCUT2D eigenvalue weighted by Gasteiger charge is 2.35. The van der Waals surface area contributed by atoms with Crippen molar-refractivity contribution in [3.05, 3.63) is 97.3 Å². The summed E-state index contributed by atoms with van der Waals surface area (Å²) >= 11 is 10.4. The van der Waals surface area contributed by atoms with Crippen molar-refractivity contribution in [2.75, 3.05) is 7.11 Å². The number of thioether (sulfide) groups is 1. The molecule has 0 atom stereocenters. The molecule has 3 aromatic carbocycles. The quantitative estimate of drug-likeness (QED) is 0.286. The third-order valence-corrected chi connectivity index (χ3v) is 7.06. The third kappa shape index (κ3) is 5.66. The molecule has 5 nitrogen and oxygen atoms in total. The lowest BCUT2D eigenvalue weighted by atomic mass is 10.1. The van der Waals surface area contributed by atoms with Crippen LogP contribution in [-0.2, 0) is 17.9 Å². The summed E-state index contributed by atoms with van der Waals surface area (Å²) in [5.74, 6) is 0.764. The normalized spacial score (nSPS) is 14.7. The number of imide groups is 1. The SMILES string of the molecule is COc1cc(/C=C2\SC(=O)N(Cc3ccc(Cl)cc3)C2=O)c(Br)cc1OCc1ccc(C)cc1. The minimum absolute atomic E-state index is 0.190. The second-order valence-corrected chi connectivity index (χ2v) is 9.98. The van der Waals surface area contributed by atoms with E-state index in [4.69, 9.17) is 21.1 Å². The number of carbonyl (C=O) groups is 2. The van der Waals surface area contributed by atoms with Crippen molar-refractivity contribution in [2.24, 2.45) is 0 Å². The average molecular weight is 559 g/mol. The molecule has 174 valence electrons. The van der Waals surface area contributed by atoms with Crippen LogP contribution in [0, 0.1) is 6.92 Å². The smallest absolute Gasteiger partial charge is 0.293 e. The summed E-state index contributed by atoms with van der Waals surface area (Å²) in [6, 6.07) is 18.8. The van der Waals surface area contributed by atoms with Crippen molar-refractivity contribution in [1.82, 2.24) is 4.90 Å². The van der Waals surface area contributed by atoms with Crippen LogP contribution in [0.4, 0.5) is 4.79 Å². The van der Waals surface area contributed by atoms with E-state index < -0.39 is 0 Å². The maximum atomic E-state index is 12.9. The molecule has 34 heavy (non-hydrogen) atoms. The highest BCUT2D eigenvalue weighted by atomic mass is 79.9. The van der Waals surface area contributed by atoms with Crippen LogP contribution in [-0.4, -0.2) is 23.2 Å². The van der Waals surface area contributed by atoms with Gasteiger partial charge in [-0.2, -0.15) is 0 Å². The van der Waals surface area contributed by atoms with E-state index in [9.17, 15) is 9.59 Å². The highest BCUT2D eigenvalue weighted by molar-refractivity contribution is 9.10. The van der Waals surface area contributed by atoms with Crippen molar-refractivity contribution in [3.63, 3.8) is 0 Å². The molecule has 0 aliphatic carbocycles. The fourth-order valence-electron chi connectivity index (χ4n) is 3.33. The maximum absolute atomic E-state index is 12.9. The van der Waals surface area contributed by atoms with Gasteiger partial charge in [0, 0.05) is 9.50 Å². The van der Waals surface area contributed by atoms with Crippen molar-refractivity contribution in [2.45, 2.75) is 20.1 Å². The Kier molecular flexibility index (Phi) is 7.66. The predicted octanol–water partition coefficient (Wildman–Crippen LogP) is 7.24. The molecular weight excluding hydrogens is 538 g/mol. The molecule has 1 saturated heterocycles. The van der Waals surface area contributed by atoms with Gasteiger partial charge in [0.1, 0.15) is 6.61 Å². The van der Waals surface area contributed by atoms with Gasteiger partial charge in [-0.05, 0) is 65.7 Å². The van der Waals surface area contributed by atoms with E-state index in [1.54, 1.807) is 49.6 Å². The molecule has 2 amide bonds. The van der Waals surface area contributed by atoms with Crippen molar-refractivity contribution >= 4 is 56.5 Å². The highest BCUT2D eigenvalue weighted by Crippen LogP contribution is 2.38. The van der Waals surface area contributed by atoms with E-state index in [1.807, 2.05) is 31.2 Å². The number of ether oxygens (including phenoxy) is 2. The Morgan fingerprint density at radius 1 is 1.00 bits per heavy atom. The Balaban J connectivity index is 1.52. The third-order valence-electron chi connectivity index (χ3n) is 5.21. The summed E-state index contributed by atoms with van der Waals surface area (Å²) in [6.07, 6.45) is 1.68. The number of benzene rings is 3. The molecule has 1 aliphatic heterocycles. The molecule has 0 aromatic heterocycles. The van der Waals surface area contributed by atoms with E-state index in [-0.39, 0.29) is 17.7 Å². The van der Waals surface area contributed by atoms with Crippen LogP contribution in [0.1, 0.15) is 22.3 Å². The van der Waals surface area contributed by atoms with Gasteiger partial charge in [-0.25, -0.2) is 0 Å². The van der Waals surface area contributed by atoms with Gasteiger partial charge >= 0.3 is 0 Å². The Morgan fingerprint density at radius 3 is 2.35 bits per heavy atom. The molecule has 8 heteroatoms. The van der Waals surface area contributed by atoms with Crippen molar-refractivity contribution in [3.8, 4) is 11.5 Å². The number of amides is 2. The summed E-state index contributed by atoms with van der Waals surface area (Å²) in [7, 11) is 1.56. The predicted molar refractivity (Wildman–Crippen MR) is 139 cm³/mol. The van der Waals surface area contributed by atoms with Gasteiger partial charge in [0.15, 0.2) is 11.5 Å². The van der Waals surface area contributed by atoms with Crippen LogP contribution in [0.15, 0.2) is 70.0 Å². The van der Waals surface area contributed by atoms with Crippen LogP contribution < -0.4 is 9.47 Å². The molecule has 0 unspecified atom stereocenters. The molecule has 0 N–H and O–H groups in total. The molecule has 1 aliphatic rings. The number of rotatable bonds is 7. The molecule has 3 aromatic rings. The number of carbonyl (C=O) groups excluding carboxylic acids is 2. The first-order valence-corrected chi connectivity index (χ1v) is 12.4. The standard InChI is InChI=1S/C26H21BrClNO4S/c1-16-3-5-18(6-4-16)15-33-23-13-21(27)19(11-22(23)32-2)12-24-25(30)29(26(31)34-24)14-17-7-9-20(28)10-8-17/h3-13H,14-15H2,1-2H3/b24-12-. The average Bonchev–Trinajstić information content (AvgIpc) is 3.08. The van der Waals surface area contributed by atoms with Gasteiger partial charge in [0.2, 0.25) is 0 Å². The molecule has 4 rings (SSSR count). The number of aryl methyl sites for hydroxylation is 1. The molecule has 1 heterocycles. The van der Waals surface area contributed by atoms with Crippen molar-refractivity contribution in [1.29, 1.82) is 0 Å². The van der Waals surface area contributed by atoms with Gasteiger partial charge < -0.3 is 9.47 Å². The minimum atomic E-state index is -0.337. The number of nitrogens with zero attached hydrogens (tertiary/aromatic N) is 1. The van der Waals surface area contributed by atoms with E-state index in [1.165, 1.54) is 10.5 Å². The van der Waals surface area contributed by atoms with Gasteiger partial charge in [0.05, 0.1) is 18.6 Å². The van der Waals surface area contributed by atoms with Gasteiger partial charge in [-0.1, -0.05) is 69.5 Å². The van der Waals surface area contributed by atoms with E-state index in [0.717, 1.165) is 27.4 Å². The molecule has 0 spiro atoms. The Morgan fingerprint density at radius 2 is 1.68 bits per heavy atom. The van der Waals surface area contributed by atoms with E-state index in [2.05, 4.69) is 15.9 Å². The van der Waals surface area contributed by atoms with Gasteiger partial charge in [-0.15, -0.1) is 0 Å². The fraction of sp³-hybridized carbons (Fsp3) is 0.154. The van der Waals surface area contributed by atoms with Crippen LogP contribution in [0.2, 0.25) is 5.02 Å². The lowest BCUT2D eigenvalue weighted by Crippen LogP contribution is -2.27. The zero-order valence-corrected chi connectivity index (χ0v) is 21.7. The summed E-state index contributed by atoms with van der Waals surface area (Å²) in [5, 5.41) is 0.287. The molecule has 1 fully saturated rings. The Bertz CT molecular complexity index is 1260. The lowest BCUT2D eigenvalue weighted by Gasteiger charge is -2.14. The minimum Gasteiger partial charge on any atom is -0.493 e. The lowest BCUT2D eigenvalue weighted by molar-refractivity contribution is -0.123. The zero-order valence-electron chi connectivity index (χ0n) is 18.5. The summed E-state index contributed by atoms with van der Waals surface area (Å²) in [4.78, 5) is 27.0. The molecule has 0 saturated carbocycles. The van der Waals surface area contributed by atoms with Crippen LogP contribution >= 0.6 is 39.3 Å². The van der Waals surface area contributed by atoms with Crippen molar-refractivity contribution < 1.29 is 19.1 Å². The van der Waals surface area contributed by atoms with Crippen LogP contribution in [0.25, 0.3) is 6.08 Å². The summed E-state index contributed by atoms with van der Waals surface area (Å²) < 4.78 is 12.2. The first-order valence-electron chi connectivity index (χ1n) is 10.4. The topological polar surface area (TPSA) is 55.8 Å². The number of methoxy groups -OCH3 is 1. The Hall–Kier alpha value is -2.74.